The van der Waals surface area contributed by atoms with Gasteiger partial charge in [-0.15, -0.1) is 6.58 Å². The van der Waals surface area contributed by atoms with Crippen LogP contribution in [0.1, 0.15) is 76.0 Å². The maximum atomic E-state index is 14.2. The first-order valence-electron chi connectivity index (χ1n) is 12.5. The summed E-state index contributed by atoms with van der Waals surface area (Å²) < 4.78 is 40.4. The van der Waals surface area contributed by atoms with Gasteiger partial charge >= 0.3 is 6.18 Å². The molecule has 1 saturated heterocycles. The highest BCUT2D eigenvalue weighted by Crippen LogP contribution is 2.53. The average Bonchev–Trinajstić information content (AvgIpc) is 2.82. The standard InChI is InChI=1S/C29H34Cl2F3NO2/c1-5-15-27(3)18-24(20-8-7-9-22(31)17-20)25(19-10-12-21(30)13-11-19)35(26(27)36)23(6-2)14-16-28(4,37)29(32,33)34/h5,7-13,17,23-25,37H,1,6,14-16,18H2,2-4H3/t23?,24-,25-,27+,28?/m1/s1. The first kappa shape index (κ1) is 29.5. The van der Waals surface area contributed by atoms with E-state index in [1.165, 1.54) is 0 Å². The van der Waals surface area contributed by atoms with Crippen molar-refractivity contribution in [1.29, 1.82) is 0 Å². The second-order valence-corrected chi connectivity index (χ2v) is 11.4. The van der Waals surface area contributed by atoms with Crippen LogP contribution >= 0.6 is 23.2 Å². The minimum absolute atomic E-state index is 0.00866. The van der Waals surface area contributed by atoms with Crippen molar-refractivity contribution in [2.75, 3.05) is 0 Å². The van der Waals surface area contributed by atoms with Gasteiger partial charge in [0.1, 0.15) is 0 Å². The summed E-state index contributed by atoms with van der Waals surface area (Å²) in [7, 11) is 0. The van der Waals surface area contributed by atoms with Gasteiger partial charge in [0.2, 0.25) is 5.91 Å². The molecule has 3 rings (SSSR count). The molecule has 1 amide bonds. The van der Waals surface area contributed by atoms with E-state index in [9.17, 15) is 23.1 Å². The molecular formula is C29H34Cl2F3NO2. The van der Waals surface area contributed by atoms with E-state index >= 15 is 0 Å². The van der Waals surface area contributed by atoms with E-state index in [1.54, 1.807) is 29.2 Å². The van der Waals surface area contributed by atoms with Crippen LogP contribution in [0.5, 0.6) is 0 Å². The number of piperidine rings is 1. The van der Waals surface area contributed by atoms with Crippen molar-refractivity contribution < 1.29 is 23.1 Å². The fraction of sp³-hybridized carbons (Fsp3) is 0.483. The fourth-order valence-electron chi connectivity index (χ4n) is 5.42. The number of benzene rings is 2. The number of nitrogens with zero attached hydrogens (tertiary/aromatic N) is 1. The van der Waals surface area contributed by atoms with Gasteiger partial charge in [0.25, 0.3) is 0 Å². The number of hydrogen-bond donors (Lipinski definition) is 1. The van der Waals surface area contributed by atoms with Crippen LogP contribution in [0, 0.1) is 5.41 Å². The maximum Gasteiger partial charge on any atom is 0.416 e. The number of allylic oxidation sites excluding steroid dienone is 1. The average molecular weight is 556 g/mol. The van der Waals surface area contributed by atoms with Crippen LogP contribution in [0.25, 0.3) is 0 Å². The first-order valence-corrected chi connectivity index (χ1v) is 13.2. The Hall–Kier alpha value is -2.02. The van der Waals surface area contributed by atoms with Crippen LogP contribution in [0.2, 0.25) is 10.0 Å². The van der Waals surface area contributed by atoms with Crippen molar-refractivity contribution in [2.45, 2.75) is 82.7 Å². The van der Waals surface area contributed by atoms with E-state index in [1.807, 2.05) is 44.2 Å². The largest absolute Gasteiger partial charge is 0.416 e. The third kappa shape index (κ3) is 6.35. The summed E-state index contributed by atoms with van der Waals surface area (Å²) in [5.74, 6) is -0.316. The Balaban J connectivity index is 2.16. The monoisotopic (exact) mass is 555 g/mol. The molecule has 1 aliphatic heterocycles. The van der Waals surface area contributed by atoms with E-state index in [0.717, 1.165) is 18.1 Å². The number of carbonyl (C=O) groups excluding carboxylic acids is 1. The highest BCUT2D eigenvalue weighted by Gasteiger charge is 2.53. The molecule has 1 fully saturated rings. The van der Waals surface area contributed by atoms with Gasteiger partial charge in [-0.2, -0.15) is 13.2 Å². The van der Waals surface area contributed by atoms with E-state index in [0.29, 0.717) is 29.3 Å². The van der Waals surface area contributed by atoms with Crippen molar-refractivity contribution in [2.24, 2.45) is 5.41 Å². The van der Waals surface area contributed by atoms with Crippen molar-refractivity contribution in [3.63, 3.8) is 0 Å². The van der Waals surface area contributed by atoms with E-state index in [-0.39, 0.29) is 18.2 Å². The molecule has 0 aliphatic carbocycles. The number of carbonyl (C=O) groups is 1. The lowest BCUT2D eigenvalue weighted by molar-refractivity contribution is -0.256. The maximum absolute atomic E-state index is 14.2. The highest BCUT2D eigenvalue weighted by molar-refractivity contribution is 6.30. The molecule has 2 unspecified atom stereocenters. The molecule has 1 N–H and O–H groups in total. The molecule has 37 heavy (non-hydrogen) atoms. The number of amides is 1. The van der Waals surface area contributed by atoms with Crippen LogP contribution in [-0.2, 0) is 4.79 Å². The third-order valence-electron chi connectivity index (χ3n) is 7.62. The summed E-state index contributed by atoms with van der Waals surface area (Å²) in [6, 6.07) is 13.7. The fourth-order valence-corrected chi connectivity index (χ4v) is 5.74. The summed E-state index contributed by atoms with van der Waals surface area (Å²) >= 11 is 12.5. The Morgan fingerprint density at radius 3 is 2.35 bits per heavy atom. The van der Waals surface area contributed by atoms with Gasteiger partial charge in [-0.1, -0.05) is 67.4 Å². The zero-order valence-corrected chi connectivity index (χ0v) is 22.9. The molecular weight excluding hydrogens is 522 g/mol. The number of halogens is 5. The van der Waals surface area contributed by atoms with Gasteiger partial charge in [-0.25, -0.2) is 0 Å². The zero-order valence-electron chi connectivity index (χ0n) is 21.4. The van der Waals surface area contributed by atoms with Crippen LogP contribution in [0.4, 0.5) is 13.2 Å². The second-order valence-electron chi connectivity index (χ2n) is 10.5. The number of alkyl halides is 3. The third-order valence-corrected chi connectivity index (χ3v) is 8.11. The predicted molar refractivity (Wildman–Crippen MR) is 143 cm³/mol. The van der Waals surface area contributed by atoms with Crippen molar-refractivity contribution in [1.82, 2.24) is 4.90 Å². The number of hydrogen-bond acceptors (Lipinski definition) is 2. The Morgan fingerprint density at radius 1 is 1.16 bits per heavy atom. The predicted octanol–water partition coefficient (Wildman–Crippen LogP) is 8.51. The van der Waals surface area contributed by atoms with Gasteiger partial charge in [0.15, 0.2) is 5.60 Å². The van der Waals surface area contributed by atoms with Gasteiger partial charge in [0, 0.05) is 22.0 Å². The lowest BCUT2D eigenvalue weighted by atomic mass is 9.67. The molecule has 3 nitrogen and oxygen atoms in total. The minimum atomic E-state index is -4.77. The summed E-state index contributed by atoms with van der Waals surface area (Å²) in [5.41, 5.74) is -1.88. The first-order chi connectivity index (χ1) is 17.2. The molecule has 0 saturated carbocycles. The topological polar surface area (TPSA) is 40.5 Å². The molecule has 8 heteroatoms. The highest BCUT2D eigenvalue weighted by atomic mass is 35.5. The Bertz CT molecular complexity index is 1100. The smallest absolute Gasteiger partial charge is 0.381 e. The van der Waals surface area contributed by atoms with Gasteiger partial charge in [-0.3, -0.25) is 4.79 Å². The summed E-state index contributed by atoms with van der Waals surface area (Å²) in [6.07, 6.45) is -2.23. The molecule has 5 atom stereocenters. The minimum Gasteiger partial charge on any atom is -0.381 e. The normalized spacial score (nSPS) is 25.0. The van der Waals surface area contributed by atoms with E-state index in [2.05, 4.69) is 6.58 Å². The van der Waals surface area contributed by atoms with E-state index < -0.39 is 35.7 Å². The lowest BCUT2D eigenvalue weighted by Crippen LogP contribution is -2.56. The summed E-state index contributed by atoms with van der Waals surface area (Å²) in [4.78, 5) is 16.0. The molecule has 202 valence electrons. The van der Waals surface area contributed by atoms with Gasteiger partial charge < -0.3 is 10.0 Å². The number of likely N-dealkylation sites (tertiary alicyclic amines) is 1. The molecule has 1 heterocycles. The molecule has 2 aromatic carbocycles. The summed E-state index contributed by atoms with van der Waals surface area (Å²) in [6.45, 7) is 8.38. The van der Waals surface area contributed by atoms with E-state index in [4.69, 9.17) is 23.2 Å². The quantitative estimate of drug-likeness (QED) is 0.315. The number of aliphatic hydroxyl groups is 1. The van der Waals surface area contributed by atoms with Crippen molar-refractivity contribution >= 4 is 29.1 Å². The molecule has 1 aliphatic rings. The lowest BCUT2D eigenvalue weighted by Gasteiger charge is -2.52. The molecule has 0 radical (unpaired) electrons. The van der Waals surface area contributed by atoms with Crippen LogP contribution in [0.15, 0.2) is 61.2 Å². The second kappa shape index (κ2) is 11.4. The van der Waals surface area contributed by atoms with Gasteiger partial charge in [-0.05, 0) is 74.4 Å². The Kier molecular flexibility index (Phi) is 9.09. The molecule has 0 spiro atoms. The van der Waals surface area contributed by atoms with Gasteiger partial charge in [0.05, 0.1) is 11.5 Å². The van der Waals surface area contributed by atoms with Crippen LogP contribution < -0.4 is 0 Å². The zero-order chi connectivity index (χ0) is 27.6. The van der Waals surface area contributed by atoms with Crippen LogP contribution in [0.3, 0.4) is 0 Å². The van der Waals surface area contributed by atoms with Crippen molar-refractivity contribution in [3.05, 3.63) is 82.4 Å². The SMILES string of the molecule is C=CC[C@@]1(C)C[C@H](c2cccc(Cl)c2)[C@@H](c2ccc(Cl)cc2)N(C(CC)CCC(C)(O)C(F)(F)F)C1=O. The van der Waals surface area contributed by atoms with Crippen LogP contribution in [-0.4, -0.2) is 33.7 Å². The Labute approximate surface area is 227 Å². The Morgan fingerprint density at radius 2 is 1.81 bits per heavy atom. The van der Waals surface area contributed by atoms with Crippen molar-refractivity contribution in [3.8, 4) is 0 Å². The summed E-state index contributed by atoms with van der Waals surface area (Å²) in [5, 5.41) is 11.3. The number of rotatable bonds is 9. The molecule has 0 aromatic heterocycles. The molecule has 0 bridgehead atoms. The molecule has 2 aromatic rings.